The molecule has 0 unspecified atom stereocenters. The highest BCUT2D eigenvalue weighted by Crippen LogP contribution is 2.28. The van der Waals surface area contributed by atoms with E-state index in [9.17, 15) is 4.79 Å². The quantitative estimate of drug-likeness (QED) is 0.481. The van der Waals surface area contributed by atoms with E-state index < -0.39 is 0 Å². The molecule has 0 amide bonds. The Morgan fingerprint density at radius 3 is 2.40 bits per heavy atom. The zero-order chi connectivity index (χ0) is 18.0. The lowest BCUT2D eigenvalue weighted by Crippen LogP contribution is -2.06. The standard InChI is InChI=1S/C21H19ClN2O/c1-13-7-8-15(23)11-18(13)21(25)17-10-9-16(12-19(17)22)24-20-6-4-3-5-14(20)2/h3-12,24H,23H2,1-2H3. The van der Waals surface area contributed by atoms with Crippen LogP contribution in [0.15, 0.2) is 60.7 Å². The fourth-order valence-electron chi connectivity index (χ4n) is 2.67. The molecule has 3 aromatic rings. The molecule has 0 fully saturated rings. The molecule has 3 nitrogen and oxygen atoms in total. The van der Waals surface area contributed by atoms with Crippen LogP contribution in [0.5, 0.6) is 0 Å². The predicted octanol–water partition coefficient (Wildman–Crippen LogP) is 5.51. The van der Waals surface area contributed by atoms with E-state index in [-0.39, 0.29) is 5.78 Å². The number of nitrogen functional groups attached to an aromatic ring is 1. The second-order valence-corrected chi connectivity index (χ2v) is 6.45. The van der Waals surface area contributed by atoms with E-state index in [4.69, 9.17) is 17.3 Å². The second-order valence-electron chi connectivity index (χ2n) is 6.04. The summed E-state index contributed by atoms with van der Waals surface area (Å²) in [4.78, 5) is 12.8. The van der Waals surface area contributed by atoms with Crippen LogP contribution in [0.3, 0.4) is 0 Å². The first-order chi connectivity index (χ1) is 12.0. The Labute approximate surface area is 152 Å². The third kappa shape index (κ3) is 3.67. The van der Waals surface area contributed by atoms with Crippen molar-refractivity contribution in [2.75, 3.05) is 11.1 Å². The topological polar surface area (TPSA) is 55.1 Å². The number of carbonyl (C=O) groups is 1. The van der Waals surface area contributed by atoms with Crippen molar-refractivity contribution in [3.8, 4) is 0 Å². The van der Waals surface area contributed by atoms with Crippen molar-refractivity contribution < 1.29 is 4.79 Å². The third-order valence-corrected chi connectivity index (χ3v) is 4.46. The average molecular weight is 351 g/mol. The molecule has 0 atom stereocenters. The van der Waals surface area contributed by atoms with Gasteiger partial charge >= 0.3 is 0 Å². The van der Waals surface area contributed by atoms with Gasteiger partial charge in [-0.25, -0.2) is 0 Å². The molecule has 3 aromatic carbocycles. The molecule has 4 heteroatoms. The van der Waals surface area contributed by atoms with Crippen LogP contribution in [0, 0.1) is 13.8 Å². The van der Waals surface area contributed by atoms with Gasteiger partial charge in [0.25, 0.3) is 0 Å². The number of para-hydroxylation sites is 1. The van der Waals surface area contributed by atoms with E-state index in [1.165, 1.54) is 0 Å². The number of aryl methyl sites for hydroxylation is 2. The van der Waals surface area contributed by atoms with Crippen molar-refractivity contribution in [2.24, 2.45) is 0 Å². The first kappa shape index (κ1) is 17.1. The van der Waals surface area contributed by atoms with Gasteiger partial charge in [0, 0.05) is 28.2 Å². The van der Waals surface area contributed by atoms with Crippen molar-refractivity contribution in [3.63, 3.8) is 0 Å². The largest absolute Gasteiger partial charge is 0.399 e. The van der Waals surface area contributed by atoms with Gasteiger partial charge < -0.3 is 11.1 Å². The molecule has 0 aliphatic heterocycles. The van der Waals surface area contributed by atoms with Crippen LogP contribution >= 0.6 is 11.6 Å². The highest BCUT2D eigenvalue weighted by molar-refractivity contribution is 6.35. The first-order valence-electron chi connectivity index (χ1n) is 7.99. The Morgan fingerprint density at radius 2 is 1.68 bits per heavy atom. The molecule has 0 heterocycles. The molecular weight excluding hydrogens is 332 g/mol. The highest BCUT2D eigenvalue weighted by Gasteiger charge is 2.16. The van der Waals surface area contributed by atoms with Gasteiger partial charge in [0.05, 0.1) is 5.02 Å². The molecule has 0 aromatic heterocycles. The van der Waals surface area contributed by atoms with Crippen LogP contribution in [0.25, 0.3) is 0 Å². The van der Waals surface area contributed by atoms with Gasteiger partial charge in [-0.2, -0.15) is 0 Å². The van der Waals surface area contributed by atoms with Gasteiger partial charge in [0.2, 0.25) is 0 Å². The number of ketones is 1. The summed E-state index contributed by atoms with van der Waals surface area (Å²) in [7, 11) is 0. The SMILES string of the molecule is Cc1ccccc1Nc1ccc(C(=O)c2cc(N)ccc2C)c(Cl)c1. The zero-order valence-electron chi connectivity index (χ0n) is 14.1. The summed E-state index contributed by atoms with van der Waals surface area (Å²) < 4.78 is 0. The van der Waals surface area contributed by atoms with E-state index in [0.717, 1.165) is 22.5 Å². The van der Waals surface area contributed by atoms with Crippen molar-refractivity contribution in [1.82, 2.24) is 0 Å². The van der Waals surface area contributed by atoms with Crippen LogP contribution < -0.4 is 11.1 Å². The number of hydrogen-bond acceptors (Lipinski definition) is 3. The van der Waals surface area contributed by atoms with Gasteiger partial charge in [-0.15, -0.1) is 0 Å². The Hall–Kier alpha value is -2.78. The maximum atomic E-state index is 12.8. The molecule has 0 spiro atoms. The molecule has 126 valence electrons. The van der Waals surface area contributed by atoms with Crippen LogP contribution in [0.4, 0.5) is 17.1 Å². The number of hydrogen-bond donors (Lipinski definition) is 2. The molecule has 0 bridgehead atoms. The molecular formula is C21H19ClN2O. The molecule has 0 aliphatic carbocycles. The fraction of sp³-hybridized carbons (Fsp3) is 0.0952. The molecule has 0 radical (unpaired) electrons. The molecule has 0 saturated heterocycles. The lowest BCUT2D eigenvalue weighted by Gasteiger charge is -2.12. The van der Waals surface area contributed by atoms with Gasteiger partial charge in [-0.1, -0.05) is 35.9 Å². The zero-order valence-corrected chi connectivity index (χ0v) is 14.9. The van der Waals surface area contributed by atoms with E-state index in [2.05, 4.69) is 5.32 Å². The summed E-state index contributed by atoms with van der Waals surface area (Å²) in [5.74, 6) is -0.128. The van der Waals surface area contributed by atoms with Gasteiger partial charge in [-0.3, -0.25) is 4.79 Å². The number of rotatable bonds is 4. The van der Waals surface area contributed by atoms with Gasteiger partial charge in [0.1, 0.15) is 0 Å². The Kier molecular flexibility index (Phi) is 4.77. The summed E-state index contributed by atoms with van der Waals surface area (Å²) >= 11 is 6.38. The number of nitrogens with two attached hydrogens (primary N) is 1. The van der Waals surface area contributed by atoms with Crippen molar-refractivity contribution >= 4 is 34.4 Å². The summed E-state index contributed by atoms with van der Waals surface area (Å²) in [5, 5.41) is 3.73. The number of benzene rings is 3. The maximum absolute atomic E-state index is 12.8. The van der Waals surface area contributed by atoms with Crippen LogP contribution in [0.1, 0.15) is 27.0 Å². The lowest BCUT2D eigenvalue weighted by molar-refractivity contribution is 0.103. The smallest absolute Gasteiger partial charge is 0.194 e. The fourth-order valence-corrected chi connectivity index (χ4v) is 2.94. The highest BCUT2D eigenvalue weighted by atomic mass is 35.5. The average Bonchev–Trinajstić information content (AvgIpc) is 2.59. The minimum atomic E-state index is -0.128. The van der Waals surface area contributed by atoms with E-state index in [0.29, 0.717) is 21.8 Å². The van der Waals surface area contributed by atoms with E-state index >= 15 is 0 Å². The Morgan fingerprint density at radius 1 is 0.920 bits per heavy atom. The van der Waals surface area contributed by atoms with Gasteiger partial charge in [-0.05, 0) is 61.4 Å². The molecule has 3 N–H and O–H groups in total. The third-order valence-electron chi connectivity index (χ3n) is 4.14. The van der Waals surface area contributed by atoms with Crippen LogP contribution in [-0.2, 0) is 0 Å². The van der Waals surface area contributed by atoms with Crippen molar-refractivity contribution in [2.45, 2.75) is 13.8 Å². The number of carbonyl (C=O) groups excluding carboxylic acids is 1. The van der Waals surface area contributed by atoms with Crippen LogP contribution in [0.2, 0.25) is 5.02 Å². The maximum Gasteiger partial charge on any atom is 0.194 e. The molecule has 0 aliphatic rings. The van der Waals surface area contributed by atoms with Crippen molar-refractivity contribution in [3.05, 3.63) is 87.9 Å². The van der Waals surface area contributed by atoms with Gasteiger partial charge in [0.15, 0.2) is 5.78 Å². The van der Waals surface area contributed by atoms with E-state index in [1.807, 2.05) is 50.2 Å². The Bertz CT molecular complexity index is 950. The minimum Gasteiger partial charge on any atom is -0.399 e. The first-order valence-corrected chi connectivity index (χ1v) is 8.36. The number of anilines is 3. The van der Waals surface area contributed by atoms with Crippen LogP contribution in [-0.4, -0.2) is 5.78 Å². The lowest BCUT2D eigenvalue weighted by atomic mass is 9.98. The normalized spacial score (nSPS) is 10.5. The number of nitrogens with one attached hydrogen (secondary N) is 1. The molecule has 25 heavy (non-hydrogen) atoms. The van der Waals surface area contributed by atoms with Crippen molar-refractivity contribution in [1.29, 1.82) is 0 Å². The summed E-state index contributed by atoms with van der Waals surface area (Å²) in [6.07, 6.45) is 0. The second kappa shape index (κ2) is 6.99. The predicted molar refractivity (Wildman–Crippen MR) is 105 cm³/mol. The molecule has 3 rings (SSSR count). The minimum absolute atomic E-state index is 0.128. The number of halogens is 1. The monoisotopic (exact) mass is 350 g/mol. The molecule has 0 saturated carbocycles. The van der Waals surface area contributed by atoms with E-state index in [1.54, 1.807) is 24.3 Å². The summed E-state index contributed by atoms with van der Waals surface area (Å²) in [5.41, 5.74) is 11.2. The summed E-state index contributed by atoms with van der Waals surface area (Å²) in [6.45, 7) is 3.92. The Balaban J connectivity index is 1.91. The summed E-state index contributed by atoms with van der Waals surface area (Å²) in [6, 6.07) is 18.7.